The van der Waals surface area contributed by atoms with Crippen molar-refractivity contribution in [2.45, 2.75) is 20.0 Å². The first-order valence-electron chi connectivity index (χ1n) is 8.30. The number of rotatable bonds is 5. The summed E-state index contributed by atoms with van der Waals surface area (Å²) in [7, 11) is 1.65. The Labute approximate surface area is 152 Å². The van der Waals surface area contributed by atoms with Crippen molar-refractivity contribution in [2.75, 3.05) is 7.11 Å². The summed E-state index contributed by atoms with van der Waals surface area (Å²) in [6.45, 7) is 3.67. The summed E-state index contributed by atoms with van der Waals surface area (Å²) in [5.41, 5.74) is 2.52. The van der Waals surface area contributed by atoms with Crippen LogP contribution in [-0.4, -0.2) is 23.0 Å². The van der Waals surface area contributed by atoms with Gasteiger partial charge in [0.15, 0.2) is 0 Å². The summed E-state index contributed by atoms with van der Waals surface area (Å²) in [5.74, 6) is 0.411. The molecule has 2 aromatic carbocycles. The van der Waals surface area contributed by atoms with Gasteiger partial charge in [-0.05, 0) is 54.5 Å². The highest BCUT2D eigenvalue weighted by Gasteiger charge is 2.13. The van der Waals surface area contributed by atoms with Crippen molar-refractivity contribution in [3.8, 4) is 5.75 Å². The predicted octanol–water partition coefficient (Wildman–Crippen LogP) is 4.26. The van der Waals surface area contributed by atoms with Gasteiger partial charge < -0.3 is 9.47 Å². The molecule has 3 rings (SSSR count). The van der Waals surface area contributed by atoms with E-state index in [2.05, 4.69) is 9.97 Å². The van der Waals surface area contributed by atoms with Crippen LogP contribution in [-0.2, 0) is 9.53 Å². The molecule has 26 heavy (non-hydrogen) atoms. The fourth-order valence-electron chi connectivity index (χ4n) is 2.71. The lowest BCUT2D eigenvalue weighted by molar-refractivity contribution is -0.142. The maximum Gasteiger partial charge on any atom is 0.331 e. The minimum Gasteiger partial charge on any atom is -0.497 e. The van der Waals surface area contributed by atoms with Gasteiger partial charge in [0.25, 0.3) is 0 Å². The van der Waals surface area contributed by atoms with Crippen LogP contribution in [0, 0.1) is 6.92 Å². The normalized spacial score (nSPS) is 12.3. The molecule has 0 aliphatic carbocycles. The number of esters is 1. The number of nitrogens with zero attached hydrogens (tertiary/aromatic N) is 2. The van der Waals surface area contributed by atoms with Crippen LogP contribution in [0.2, 0.25) is 0 Å². The van der Waals surface area contributed by atoms with Crippen molar-refractivity contribution in [2.24, 2.45) is 0 Å². The van der Waals surface area contributed by atoms with Crippen LogP contribution in [0.4, 0.5) is 0 Å². The lowest BCUT2D eigenvalue weighted by Crippen LogP contribution is -2.08. The number of fused-ring (bicyclic) bond motifs is 1. The van der Waals surface area contributed by atoms with Gasteiger partial charge in [-0.1, -0.05) is 18.2 Å². The second kappa shape index (κ2) is 7.78. The molecule has 1 atom stereocenters. The Balaban J connectivity index is 1.70. The third-order valence-corrected chi connectivity index (χ3v) is 4.16. The second-order valence-electron chi connectivity index (χ2n) is 5.95. The van der Waals surface area contributed by atoms with Gasteiger partial charge >= 0.3 is 5.97 Å². The lowest BCUT2D eigenvalue weighted by atomic mass is 10.1. The van der Waals surface area contributed by atoms with Gasteiger partial charge in [0.05, 0.1) is 7.11 Å². The Morgan fingerprint density at radius 2 is 1.92 bits per heavy atom. The molecule has 1 heterocycles. The Hall–Kier alpha value is -3.21. The van der Waals surface area contributed by atoms with Crippen molar-refractivity contribution in [1.82, 2.24) is 9.97 Å². The zero-order valence-corrected chi connectivity index (χ0v) is 15.0. The molecule has 3 aromatic rings. The number of benzene rings is 2. The molecule has 0 aliphatic heterocycles. The van der Waals surface area contributed by atoms with E-state index < -0.39 is 12.1 Å². The number of aryl methyl sites for hydroxylation is 1. The van der Waals surface area contributed by atoms with E-state index in [9.17, 15) is 4.79 Å². The van der Waals surface area contributed by atoms with E-state index in [1.54, 1.807) is 26.3 Å². The summed E-state index contributed by atoms with van der Waals surface area (Å²) >= 11 is 0. The fourth-order valence-corrected chi connectivity index (χ4v) is 2.71. The third kappa shape index (κ3) is 4.06. The zero-order chi connectivity index (χ0) is 18.5. The van der Waals surface area contributed by atoms with Crippen LogP contribution in [0.15, 0.2) is 55.0 Å². The van der Waals surface area contributed by atoms with Gasteiger partial charge in [-0.25, -0.2) is 14.8 Å². The highest BCUT2D eigenvalue weighted by molar-refractivity contribution is 5.90. The summed E-state index contributed by atoms with van der Waals surface area (Å²) < 4.78 is 10.7. The van der Waals surface area contributed by atoms with Crippen molar-refractivity contribution in [1.29, 1.82) is 0 Å². The van der Waals surface area contributed by atoms with Gasteiger partial charge in [-0.15, -0.1) is 0 Å². The average molecular weight is 348 g/mol. The summed E-state index contributed by atoms with van der Waals surface area (Å²) in [4.78, 5) is 20.2. The summed E-state index contributed by atoms with van der Waals surface area (Å²) in [5, 5.41) is 2.16. The maximum atomic E-state index is 12.1. The van der Waals surface area contributed by atoms with Gasteiger partial charge in [0, 0.05) is 23.5 Å². The lowest BCUT2D eigenvalue weighted by Gasteiger charge is -2.13. The van der Waals surface area contributed by atoms with E-state index in [1.807, 2.05) is 43.3 Å². The first-order chi connectivity index (χ1) is 12.6. The van der Waals surface area contributed by atoms with E-state index in [0.717, 1.165) is 33.3 Å². The van der Waals surface area contributed by atoms with E-state index in [0.29, 0.717) is 0 Å². The molecule has 0 N–H and O–H groups in total. The van der Waals surface area contributed by atoms with Crippen molar-refractivity contribution < 1.29 is 14.3 Å². The van der Waals surface area contributed by atoms with Gasteiger partial charge in [0.2, 0.25) is 0 Å². The van der Waals surface area contributed by atoms with Crippen molar-refractivity contribution in [3.63, 3.8) is 0 Å². The van der Waals surface area contributed by atoms with E-state index >= 15 is 0 Å². The van der Waals surface area contributed by atoms with Crippen LogP contribution in [0.3, 0.4) is 0 Å². The highest BCUT2D eigenvalue weighted by Crippen LogP contribution is 2.23. The number of hydrogen-bond donors (Lipinski definition) is 0. The molecule has 0 radical (unpaired) electrons. The van der Waals surface area contributed by atoms with Gasteiger partial charge in [-0.2, -0.15) is 0 Å². The monoisotopic (exact) mass is 348 g/mol. The standard InChI is InChI=1S/C21H20N2O3/c1-14-20(12-22-13-23-14)15(2)26-21(24)9-5-16-4-6-18-11-19(25-3)8-7-17(18)10-16/h4-13,15H,1-3H3/b9-5+/t15-/m0/s1. The number of aromatic nitrogens is 2. The Kier molecular flexibility index (Phi) is 5.27. The van der Waals surface area contributed by atoms with E-state index in [4.69, 9.17) is 9.47 Å². The first-order valence-corrected chi connectivity index (χ1v) is 8.30. The first kappa shape index (κ1) is 17.6. The predicted molar refractivity (Wildman–Crippen MR) is 101 cm³/mol. The molecule has 0 spiro atoms. The minimum atomic E-state index is -0.407. The van der Waals surface area contributed by atoms with Crippen molar-refractivity contribution >= 4 is 22.8 Å². The second-order valence-corrected chi connectivity index (χ2v) is 5.95. The smallest absolute Gasteiger partial charge is 0.331 e. The van der Waals surface area contributed by atoms with E-state index in [-0.39, 0.29) is 0 Å². The Morgan fingerprint density at radius 3 is 2.69 bits per heavy atom. The summed E-state index contributed by atoms with van der Waals surface area (Å²) in [6, 6.07) is 11.8. The topological polar surface area (TPSA) is 61.3 Å². The zero-order valence-electron chi connectivity index (χ0n) is 15.0. The molecule has 0 saturated carbocycles. The van der Waals surface area contributed by atoms with Crippen LogP contribution in [0.5, 0.6) is 5.75 Å². The molecule has 0 aliphatic rings. The van der Waals surface area contributed by atoms with Crippen molar-refractivity contribution in [3.05, 3.63) is 71.8 Å². The Bertz CT molecular complexity index is 966. The molecule has 0 unspecified atom stereocenters. The molecular weight excluding hydrogens is 328 g/mol. The quantitative estimate of drug-likeness (QED) is 0.509. The number of hydrogen-bond acceptors (Lipinski definition) is 5. The molecule has 0 saturated heterocycles. The molecule has 0 bridgehead atoms. The van der Waals surface area contributed by atoms with Crippen LogP contribution in [0.25, 0.3) is 16.8 Å². The largest absolute Gasteiger partial charge is 0.497 e. The Morgan fingerprint density at radius 1 is 1.15 bits per heavy atom. The average Bonchev–Trinajstić information content (AvgIpc) is 2.66. The number of ether oxygens (including phenoxy) is 2. The van der Waals surface area contributed by atoms with Crippen LogP contribution in [0.1, 0.15) is 29.8 Å². The fraction of sp³-hybridized carbons (Fsp3) is 0.190. The molecule has 132 valence electrons. The molecule has 5 nitrogen and oxygen atoms in total. The third-order valence-electron chi connectivity index (χ3n) is 4.16. The number of methoxy groups -OCH3 is 1. The van der Waals surface area contributed by atoms with Gasteiger partial charge in [0.1, 0.15) is 18.2 Å². The number of carbonyl (C=O) groups excluding carboxylic acids is 1. The van der Waals surface area contributed by atoms with Crippen LogP contribution < -0.4 is 4.74 Å². The molecular formula is C21H20N2O3. The molecule has 0 fully saturated rings. The summed E-state index contributed by atoms with van der Waals surface area (Å²) in [6.07, 6.45) is 5.91. The SMILES string of the molecule is COc1ccc2cc(/C=C/C(=O)O[C@@H](C)c3cncnc3C)ccc2c1. The molecule has 1 aromatic heterocycles. The van der Waals surface area contributed by atoms with Crippen LogP contribution >= 0.6 is 0 Å². The van der Waals surface area contributed by atoms with Gasteiger partial charge in [-0.3, -0.25) is 0 Å². The van der Waals surface area contributed by atoms with E-state index in [1.165, 1.54) is 12.4 Å². The minimum absolute atomic E-state index is 0.405. The molecule has 5 heteroatoms. The molecule has 0 amide bonds. The number of carbonyl (C=O) groups is 1. The maximum absolute atomic E-state index is 12.1. The highest BCUT2D eigenvalue weighted by atomic mass is 16.5.